The van der Waals surface area contributed by atoms with Gasteiger partial charge in [-0.2, -0.15) is 0 Å². The van der Waals surface area contributed by atoms with Crippen LogP contribution in [0.25, 0.3) is 10.9 Å². The monoisotopic (exact) mass is 332 g/mol. The highest BCUT2D eigenvalue weighted by molar-refractivity contribution is 9.09. The molecule has 3 rings (SSSR count). The Kier molecular flexibility index (Phi) is 4.01. The topological polar surface area (TPSA) is 33.2 Å². The van der Waals surface area contributed by atoms with Crippen molar-refractivity contribution in [2.24, 2.45) is 5.92 Å². The average Bonchev–Trinajstić information content (AvgIpc) is 2.85. The van der Waals surface area contributed by atoms with Crippen LogP contribution in [0.15, 0.2) is 36.5 Å². The van der Waals surface area contributed by atoms with Crippen molar-refractivity contribution >= 4 is 32.7 Å². The Balaban J connectivity index is 1.66. The minimum Gasteiger partial charge on any atom is -0.342 e. The molecule has 1 unspecified atom stereocenters. The van der Waals surface area contributed by atoms with Gasteiger partial charge >= 0.3 is 0 Å². The second-order valence-electron chi connectivity index (χ2n) is 5.34. The number of carbonyl (C=O) groups is 1. The Labute approximate surface area is 127 Å². The first-order valence-electron chi connectivity index (χ1n) is 6.93. The van der Waals surface area contributed by atoms with E-state index in [1.54, 1.807) is 0 Å². The van der Waals surface area contributed by atoms with Crippen molar-refractivity contribution in [3.8, 4) is 0 Å². The highest BCUT2D eigenvalue weighted by atomic mass is 79.9. The third-order valence-electron chi connectivity index (χ3n) is 3.85. The number of nitrogens with zero attached hydrogens (tertiary/aromatic N) is 2. The summed E-state index contributed by atoms with van der Waals surface area (Å²) in [5, 5.41) is 2.07. The number of fused-ring (bicyclic) bond motifs is 1. The SMILES string of the molecule is O=C1CC(CBr)CN1CCc1ccc2cccnc2c1. The van der Waals surface area contributed by atoms with Crippen LogP contribution in [-0.4, -0.2) is 34.2 Å². The maximum Gasteiger partial charge on any atom is 0.222 e. The summed E-state index contributed by atoms with van der Waals surface area (Å²) in [4.78, 5) is 18.2. The predicted octanol–water partition coefficient (Wildman–Crippen LogP) is 3.02. The normalized spacial score (nSPS) is 18.9. The van der Waals surface area contributed by atoms with Gasteiger partial charge in [0.2, 0.25) is 5.91 Å². The first-order chi connectivity index (χ1) is 9.76. The van der Waals surface area contributed by atoms with Crippen LogP contribution in [0.3, 0.4) is 0 Å². The molecule has 0 saturated carbocycles. The summed E-state index contributed by atoms with van der Waals surface area (Å²) in [6.07, 6.45) is 3.40. The number of pyridine rings is 1. The van der Waals surface area contributed by atoms with Crippen molar-refractivity contribution < 1.29 is 4.79 Å². The van der Waals surface area contributed by atoms with Gasteiger partial charge in [-0.15, -0.1) is 0 Å². The fourth-order valence-electron chi connectivity index (χ4n) is 2.71. The molecule has 0 aliphatic carbocycles. The molecule has 1 aliphatic heterocycles. The van der Waals surface area contributed by atoms with Crippen LogP contribution in [0.2, 0.25) is 0 Å². The van der Waals surface area contributed by atoms with E-state index in [0.29, 0.717) is 12.3 Å². The molecule has 1 aliphatic rings. The number of hydrogen-bond donors (Lipinski definition) is 0. The van der Waals surface area contributed by atoms with Gasteiger partial charge in [0, 0.05) is 36.4 Å². The summed E-state index contributed by atoms with van der Waals surface area (Å²) < 4.78 is 0. The Morgan fingerprint density at radius 2 is 2.25 bits per heavy atom. The molecule has 1 fully saturated rings. The van der Waals surface area contributed by atoms with Gasteiger partial charge < -0.3 is 4.90 Å². The number of halogens is 1. The molecule has 1 amide bonds. The minimum atomic E-state index is 0.286. The Morgan fingerprint density at radius 1 is 1.35 bits per heavy atom. The van der Waals surface area contributed by atoms with E-state index in [4.69, 9.17) is 0 Å². The third-order valence-corrected chi connectivity index (χ3v) is 4.77. The van der Waals surface area contributed by atoms with E-state index >= 15 is 0 Å². The minimum absolute atomic E-state index is 0.286. The summed E-state index contributed by atoms with van der Waals surface area (Å²) >= 11 is 3.47. The highest BCUT2D eigenvalue weighted by Crippen LogP contribution is 2.20. The number of hydrogen-bond acceptors (Lipinski definition) is 2. The van der Waals surface area contributed by atoms with Crippen molar-refractivity contribution in [3.63, 3.8) is 0 Å². The first kappa shape index (κ1) is 13.6. The molecular formula is C16H17BrN2O. The molecule has 0 spiro atoms. The number of likely N-dealkylation sites (tertiary alicyclic amines) is 1. The zero-order chi connectivity index (χ0) is 13.9. The average molecular weight is 333 g/mol. The Hall–Kier alpha value is -1.42. The fraction of sp³-hybridized carbons (Fsp3) is 0.375. The van der Waals surface area contributed by atoms with Gasteiger partial charge in [-0.3, -0.25) is 9.78 Å². The number of aromatic nitrogens is 1. The molecule has 1 aromatic heterocycles. The van der Waals surface area contributed by atoms with Crippen LogP contribution in [-0.2, 0) is 11.2 Å². The molecule has 0 N–H and O–H groups in total. The van der Waals surface area contributed by atoms with Crippen molar-refractivity contribution in [1.82, 2.24) is 9.88 Å². The number of rotatable bonds is 4. The number of amides is 1. The van der Waals surface area contributed by atoms with Crippen molar-refractivity contribution in [2.45, 2.75) is 12.8 Å². The lowest BCUT2D eigenvalue weighted by Crippen LogP contribution is -2.27. The van der Waals surface area contributed by atoms with Crippen LogP contribution in [0.4, 0.5) is 0 Å². The number of alkyl halides is 1. The van der Waals surface area contributed by atoms with Crippen LogP contribution in [0.5, 0.6) is 0 Å². The second-order valence-corrected chi connectivity index (χ2v) is 5.99. The third kappa shape index (κ3) is 2.85. The summed E-state index contributed by atoms with van der Waals surface area (Å²) in [7, 11) is 0. The fourth-order valence-corrected chi connectivity index (χ4v) is 3.14. The smallest absolute Gasteiger partial charge is 0.222 e. The van der Waals surface area contributed by atoms with E-state index in [-0.39, 0.29) is 5.91 Å². The molecule has 1 atom stereocenters. The standard InChI is InChI=1S/C16H17BrN2O/c17-10-13-9-16(20)19(11-13)7-5-12-3-4-14-2-1-6-18-15(14)8-12/h1-4,6,8,13H,5,7,9-11H2. The van der Waals surface area contributed by atoms with Gasteiger partial charge in [0.15, 0.2) is 0 Å². The quantitative estimate of drug-likeness (QED) is 0.806. The van der Waals surface area contributed by atoms with Gasteiger partial charge in [-0.1, -0.05) is 34.1 Å². The lowest BCUT2D eigenvalue weighted by molar-refractivity contribution is -0.127. The number of benzene rings is 1. The van der Waals surface area contributed by atoms with E-state index in [1.165, 1.54) is 5.56 Å². The highest BCUT2D eigenvalue weighted by Gasteiger charge is 2.28. The molecule has 2 aromatic rings. The molecule has 1 saturated heterocycles. The molecule has 104 valence electrons. The van der Waals surface area contributed by atoms with Gasteiger partial charge in [0.25, 0.3) is 0 Å². The zero-order valence-electron chi connectivity index (χ0n) is 11.3. The van der Waals surface area contributed by atoms with E-state index in [0.717, 1.165) is 35.7 Å². The molecule has 0 bridgehead atoms. The Morgan fingerprint density at radius 3 is 3.05 bits per heavy atom. The molecule has 2 heterocycles. The van der Waals surface area contributed by atoms with Crippen LogP contribution in [0.1, 0.15) is 12.0 Å². The molecular weight excluding hydrogens is 316 g/mol. The van der Waals surface area contributed by atoms with Crippen molar-refractivity contribution in [2.75, 3.05) is 18.4 Å². The summed E-state index contributed by atoms with van der Waals surface area (Å²) in [6, 6.07) is 10.4. The van der Waals surface area contributed by atoms with Gasteiger partial charge in [-0.25, -0.2) is 0 Å². The maximum atomic E-state index is 11.9. The van der Waals surface area contributed by atoms with E-state index in [9.17, 15) is 4.79 Å². The van der Waals surface area contributed by atoms with Crippen molar-refractivity contribution in [1.29, 1.82) is 0 Å². The molecule has 1 aromatic carbocycles. The van der Waals surface area contributed by atoms with E-state index < -0.39 is 0 Å². The van der Waals surface area contributed by atoms with Gasteiger partial charge in [0.1, 0.15) is 0 Å². The second kappa shape index (κ2) is 5.92. The summed E-state index contributed by atoms with van der Waals surface area (Å²) in [5.41, 5.74) is 2.27. The Bertz CT molecular complexity index is 629. The van der Waals surface area contributed by atoms with Crippen LogP contribution < -0.4 is 0 Å². The lowest BCUT2D eigenvalue weighted by Gasteiger charge is -2.16. The summed E-state index contributed by atoms with van der Waals surface area (Å²) in [6.45, 7) is 1.69. The largest absolute Gasteiger partial charge is 0.342 e. The predicted molar refractivity (Wildman–Crippen MR) is 83.9 cm³/mol. The molecule has 3 nitrogen and oxygen atoms in total. The summed E-state index contributed by atoms with van der Waals surface area (Å²) in [5.74, 6) is 0.758. The van der Waals surface area contributed by atoms with Crippen LogP contribution in [0, 0.1) is 5.92 Å². The number of carbonyl (C=O) groups excluding carboxylic acids is 1. The van der Waals surface area contributed by atoms with Crippen LogP contribution >= 0.6 is 15.9 Å². The molecule has 20 heavy (non-hydrogen) atoms. The lowest BCUT2D eigenvalue weighted by atomic mass is 10.1. The molecule has 4 heteroatoms. The van der Waals surface area contributed by atoms with Crippen molar-refractivity contribution in [3.05, 3.63) is 42.1 Å². The molecule has 0 radical (unpaired) electrons. The van der Waals surface area contributed by atoms with Gasteiger partial charge in [-0.05, 0) is 30.0 Å². The van der Waals surface area contributed by atoms with E-state index in [1.807, 2.05) is 17.2 Å². The van der Waals surface area contributed by atoms with Gasteiger partial charge in [0.05, 0.1) is 5.52 Å². The first-order valence-corrected chi connectivity index (χ1v) is 8.06. The maximum absolute atomic E-state index is 11.9. The van der Waals surface area contributed by atoms with E-state index in [2.05, 4.69) is 45.2 Å². The zero-order valence-corrected chi connectivity index (χ0v) is 12.8.